The van der Waals surface area contributed by atoms with Crippen LogP contribution in [0.4, 0.5) is 5.00 Å². The summed E-state index contributed by atoms with van der Waals surface area (Å²) in [5.41, 5.74) is 0.0875. The highest BCUT2D eigenvalue weighted by Gasteiger charge is 2.13. The Morgan fingerprint density at radius 1 is 1.39 bits per heavy atom. The fourth-order valence-electron chi connectivity index (χ4n) is 1.04. The molecule has 0 spiro atoms. The molecular weight excluding hydrogens is 278 g/mol. The lowest BCUT2D eigenvalue weighted by atomic mass is 10.3. The van der Waals surface area contributed by atoms with Gasteiger partial charge in [0.1, 0.15) is 11.2 Å². The third kappa shape index (κ3) is 2.81. The van der Waals surface area contributed by atoms with E-state index in [1.54, 1.807) is 0 Å². The van der Waals surface area contributed by atoms with E-state index in [2.05, 4.69) is 9.97 Å². The Labute approximate surface area is 109 Å². The maximum Gasteiger partial charge on any atom is 0.344 e. The maximum absolute atomic E-state index is 10.6. The van der Waals surface area contributed by atoms with Crippen molar-refractivity contribution in [1.29, 1.82) is 0 Å². The molecule has 7 nitrogen and oxygen atoms in total. The minimum Gasteiger partial charge on any atom is -0.478 e. The SMILES string of the molecule is O=C(O)c1ccc(Sc2ncc([N+](=O)[O-])s2)nc1. The Morgan fingerprint density at radius 3 is 2.67 bits per heavy atom. The van der Waals surface area contributed by atoms with Crippen molar-refractivity contribution >= 4 is 34.1 Å². The molecule has 1 N–H and O–H groups in total. The number of thiazole rings is 1. The third-order valence-electron chi connectivity index (χ3n) is 1.83. The predicted molar refractivity (Wildman–Crippen MR) is 64.1 cm³/mol. The second kappa shape index (κ2) is 5.10. The summed E-state index contributed by atoms with van der Waals surface area (Å²) in [6, 6.07) is 2.95. The zero-order chi connectivity index (χ0) is 13.1. The smallest absolute Gasteiger partial charge is 0.344 e. The molecule has 2 rings (SSSR count). The number of nitro groups is 1. The first-order valence-corrected chi connectivity index (χ1v) is 6.17. The molecule has 0 atom stereocenters. The van der Waals surface area contributed by atoms with Crippen LogP contribution < -0.4 is 0 Å². The highest BCUT2D eigenvalue weighted by molar-refractivity contribution is 8.01. The van der Waals surface area contributed by atoms with Crippen molar-refractivity contribution in [3.05, 3.63) is 40.2 Å². The van der Waals surface area contributed by atoms with E-state index in [0.29, 0.717) is 9.37 Å². The van der Waals surface area contributed by atoms with Gasteiger partial charge in [0, 0.05) is 6.20 Å². The number of nitrogens with zero attached hydrogens (tertiary/aromatic N) is 3. The molecule has 9 heteroatoms. The Balaban J connectivity index is 2.13. The Hall–Kier alpha value is -2.00. The van der Waals surface area contributed by atoms with Gasteiger partial charge >= 0.3 is 11.0 Å². The molecule has 0 aliphatic rings. The number of carbonyl (C=O) groups is 1. The molecule has 18 heavy (non-hydrogen) atoms. The highest BCUT2D eigenvalue weighted by Crippen LogP contribution is 2.33. The molecule has 0 aromatic carbocycles. The summed E-state index contributed by atoms with van der Waals surface area (Å²) in [5.74, 6) is -1.05. The van der Waals surface area contributed by atoms with E-state index in [9.17, 15) is 14.9 Å². The van der Waals surface area contributed by atoms with Gasteiger partial charge in [-0.25, -0.2) is 14.8 Å². The van der Waals surface area contributed by atoms with Crippen LogP contribution in [0.2, 0.25) is 0 Å². The van der Waals surface area contributed by atoms with E-state index in [-0.39, 0.29) is 10.6 Å². The van der Waals surface area contributed by atoms with E-state index >= 15 is 0 Å². The second-order valence-corrected chi connectivity index (χ2v) is 5.29. The molecule has 2 aromatic heterocycles. The van der Waals surface area contributed by atoms with Gasteiger partial charge in [0.05, 0.1) is 10.5 Å². The van der Waals surface area contributed by atoms with Gasteiger partial charge in [-0.2, -0.15) is 0 Å². The topological polar surface area (TPSA) is 106 Å². The molecule has 0 aliphatic carbocycles. The summed E-state index contributed by atoms with van der Waals surface area (Å²) < 4.78 is 0.484. The number of carboxylic acids is 1. The molecule has 0 fully saturated rings. The Kier molecular flexibility index (Phi) is 3.53. The predicted octanol–water partition coefficient (Wildman–Crippen LogP) is 2.30. The molecule has 92 valence electrons. The van der Waals surface area contributed by atoms with Gasteiger partial charge in [0.2, 0.25) is 0 Å². The van der Waals surface area contributed by atoms with Crippen LogP contribution in [0.1, 0.15) is 10.4 Å². The minimum atomic E-state index is -1.05. The lowest BCUT2D eigenvalue weighted by molar-refractivity contribution is -0.380. The van der Waals surface area contributed by atoms with Gasteiger partial charge in [0.15, 0.2) is 4.34 Å². The van der Waals surface area contributed by atoms with Crippen LogP contribution in [0.15, 0.2) is 33.9 Å². The van der Waals surface area contributed by atoms with Crippen LogP contribution in [0.25, 0.3) is 0 Å². The molecule has 0 radical (unpaired) electrons. The van der Waals surface area contributed by atoms with Gasteiger partial charge in [0.25, 0.3) is 0 Å². The third-order valence-corrected chi connectivity index (χ3v) is 3.80. The molecule has 0 amide bonds. The summed E-state index contributed by atoms with van der Waals surface area (Å²) in [6.45, 7) is 0. The van der Waals surface area contributed by atoms with Crippen molar-refractivity contribution in [1.82, 2.24) is 9.97 Å². The summed E-state index contributed by atoms with van der Waals surface area (Å²) >= 11 is 2.09. The number of rotatable bonds is 4. The number of aromatic nitrogens is 2. The van der Waals surface area contributed by atoms with Crippen LogP contribution in [-0.4, -0.2) is 26.0 Å². The standard InChI is InChI=1S/C9H5N3O4S2/c13-8(14)5-1-2-6(10-3-5)17-9-11-4-7(18-9)12(15)16/h1-4H,(H,13,14). The molecule has 0 saturated heterocycles. The molecule has 2 heterocycles. The number of hydrogen-bond donors (Lipinski definition) is 1. The second-order valence-electron chi connectivity index (χ2n) is 3.01. The molecule has 0 saturated carbocycles. The van der Waals surface area contributed by atoms with Gasteiger partial charge in [-0.05, 0) is 35.2 Å². The lowest BCUT2D eigenvalue weighted by Crippen LogP contribution is -1.96. The van der Waals surface area contributed by atoms with Gasteiger partial charge in [-0.15, -0.1) is 0 Å². The van der Waals surface area contributed by atoms with Crippen molar-refractivity contribution < 1.29 is 14.8 Å². The van der Waals surface area contributed by atoms with E-state index in [1.807, 2.05) is 0 Å². The summed E-state index contributed by atoms with van der Waals surface area (Å²) in [4.78, 5) is 28.4. The summed E-state index contributed by atoms with van der Waals surface area (Å²) in [6.07, 6.45) is 2.41. The number of aromatic carboxylic acids is 1. The fraction of sp³-hybridized carbons (Fsp3) is 0. The average Bonchev–Trinajstić information content (AvgIpc) is 2.78. The quantitative estimate of drug-likeness (QED) is 0.677. The lowest BCUT2D eigenvalue weighted by Gasteiger charge is -1.97. The fourth-order valence-corrected chi connectivity index (χ4v) is 2.71. The number of hydrogen-bond acceptors (Lipinski definition) is 7. The van der Waals surface area contributed by atoms with Gasteiger partial charge in [-0.1, -0.05) is 0 Å². The molecule has 2 aromatic rings. The highest BCUT2D eigenvalue weighted by atomic mass is 32.2. The average molecular weight is 283 g/mol. The molecule has 0 bridgehead atoms. The van der Waals surface area contributed by atoms with Crippen molar-refractivity contribution in [2.24, 2.45) is 0 Å². The summed E-state index contributed by atoms with van der Waals surface area (Å²) in [7, 11) is 0. The van der Waals surface area contributed by atoms with Crippen LogP contribution >= 0.6 is 23.1 Å². The normalized spacial score (nSPS) is 10.2. The first kappa shape index (κ1) is 12.5. The van der Waals surface area contributed by atoms with Gasteiger partial charge < -0.3 is 5.11 Å². The first-order valence-electron chi connectivity index (χ1n) is 4.53. The van der Waals surface area contributed by atoms with Crippen molar-refractivity contribution in [2.75, 3.05) is 0 Å². The van der Waals surface area contributed by atoms with Crippen molar-refractivity contribution in [2.45, 2.75) is 9.37 Å². The van der Waals surface area contributed by atoms with Gasteiger partial charge in [-0.3, -0.25) is 10.1 Å². The van der Waals surface area contributed by atoms with Crippen molar-refractivity contribution in [3.63, 3.8) is 0 Å². The summed E-state index contributed by atoms with van der Waals surface area (Å²) in [5, 5.41) is 19.7. The van der Waals surface area contributed by atoms with Crippen LogP contribution in [0.5, 0.6) is 0 Å². The molecular formula is C9H5N3O4S2. The molecule has 0 aliphatic heterocycles. The van der Waals surface area contributed by atoms with Crippen LogP contribution in [0.3, 0.4) is 0 Å². The van der Waals surface area contributed by atoms with Crippen molar-refractivity contribution in [3.8, 4) is 0 Å². The number of carboxylic acid groups (broad SMARTS) is 1. The van der Waals surface area contributed by atoms with E-state index in [1.165, 1.54) is 24.5 Å². The minimum absolute atomic E-state index is 0.0420. The molecule has 0 unspecified atom stereocenters. The zero-order valence-electron chi connectivity index (χ0n) is 8.64. The van der Waals surface area contributed by atoms with E-state index < -0.39 is 10.9 Å². The Morgan fingerprint density at radius 2 is 2.17 bits per heavy atom. The Bertz CT molecular complexity index is 596. The van der Waals surface area contributed by atoms with Crippen LogP contribution in [0, 0.1) is 10.1 Å². The maximum atomic E-state index is 10.6. The zero-order valence-corrected chi connectivity index (χ0v) is 10.3. The monoisotopic (exact) mass is 283 g/mol. The van der Waals surface area contributed by atoms with E-state index in [0.717, 1.165) is 23.1 Å². The number of pyridine rings is 1. The van der Waals surface area contributed by atoms with Crippen LogP contribution in [-0.2, 0) is 0 Å². The largest absolute Gasteiger partial charge is 0.478 e. The van der Waals surface area contributed by atoms with E-state index in [4.69, 9.17) is 5.11 Å². The first-order chi connectivity index (χ1) is 8.56.